The number of likely N-dealkylation sites (N-methyl/N-ethyl adjacent to an activating group) is 1. The minimum atomic E-state index is -0.747. The zero-order valence-corrected chi connectivity index (χ0v) is 16.4. The minimum Gasteiger partial charge on any atom is -0.450 e. The molecule has 0 atom stereocenters. The highest BCUT2D eigenvalue weighted by Crippen LogP contribution is 2.27. The number of benzene rings is 1. The van der Waals surface area contributed by atoms with Crippen LogP contribution in [0.3, 0.4) is 0 Å². The van der Waals surface area contributed by atoms with Crippen LogP contribution in [0.25, 0.3) is 11.0 Å². The molecule has 0 aliphatic carbocycles. The summed E-state index contributed by atoms with van der Waals surface area (Å²) in [4.78, 5) is 37.5. The lowest BCUT2D eigenvalue weighted by atomic mass is 10.1. The van der Waals surface area contributed by atoms with E-state index in [2.05, 4.69) is 5.32 Å². The predicted molar refractivity (Wildman–Crippen MR) is 103 cm³/mol. The van der Waals surface area contributed by atoms with Gasteiger partial charge in [0.05, 0.1) is 13.2 Å². The van der Waals surface area contributed by atoms with E-state index in [1.807, 2.05) is 26.0 Å². The van der Waals surface area contributed by atoms with Crippen LogP contribution in [0.4, 0.5) is 0 Å². The number of esters is 1. The first-order chi connectivity index (χ1) is 13.5. The number of para-hydroxylation sites is 1. The van der Waals surface area contributed by atoms with Crippen LogP contribution in [-0.4, -0.2) is 56.0 Å². The molecule has 1 heterocycles. The SMILES string of the molecule is CCCNC(=O)CN(C)C(=O)COC(=O)c1oc2ccccc2c1COCC. The van der Waals surface area contributed by atoms with Crippen molar-refractivity contribution >= 4 is 28.8 Å². The number of ether oxygens (including phenoxy) is 2. The largest absolute Gasteiger partial charge is 0.450 e. The summed E-state index contributed by atoms with van der Waals surface area (Å²) in [5, 5.41) is 3.44. The minimum absolute atomic E-state index is 0.0193. The fourth-order valence-electron chi connectivity index (χ4n) is 2.54. The monoisotopic (exact) mass is 390 g/mol. The number of hydrogen-bond acceptors (Lipinski definition) is 6. The molecule has 0 aliphatic rings. The molecule has 1 aromatic heterocycles. The Morgan fingerprint density at radius 1 is 1.18 bits per heavy atom. The lowest BCUT2D eigenvalue weighted by molar-refractivity contribution is -0.137. The molecule has 0 unspecified atom stereocenters. The molecule has 2 aromatic rings. The Hall–Kier alpha value is -2.87. The zero-order valence-electron chi connectivity index (χ0n) is 16.4. The highest BCUT2D eigenvalue weighted by Gasteiger charge is 2.23. The van der Waals surface area contributed by atoms with Crippen molar-refractivity contribution in [1.29, 1.82) is 0 Å². The van der Waals surface area contributed by atoms with Crippen molar-refractivity contribution < 1.29 is 28.3 Å². The van der Waals surface area contributed by atoms with Crippen molar-refractivity contribution in [3.63, 3.8) is 0 Å². The third-order valence-corrected chi connectivity index (χ3v) is 4.04. The zero-order chi connectivity index (χ0) is 20.5. The van der Waals surface area contributed by atoms with E-state index in [0.29, 0.717) is 24.3 Å². The van der Waals surface area contributed by atoms with Crippen LogP contribution in [-0.2, 0) is 25.7 Å². The fourth-order valence-corrected chi connectivity index (χ4v) is 2.54. The predicted octanol–water partition coefficient (Wildman–Crippen LogP) is 2.11. The summed E-state index contributed by atoms with van der Waals surface area (Å²) in [6.07, 6.45) is 0.808. The lowest BCUT2D eigenvalue weighted by Gasteiger charge is -2.16. The molecule has 2 amide bonds. The van der Waals surface area contributed by atoms with Gasteiger partial charge in [0.2, 0.25) is 11.7 Å². The van der Waals surface area contributed by atoms with Gasteiger partial charge in [0.1, 0.15) is 5.58 Å². The van der Waals surface area contributed by atoms with Crippen molar-refractivity contribution in [1.82, 2.24) is 10.2 Å². The van der Waals surface area contributed by atoms with Crippen LogP contribution in [0.5, 0.6) is 0 Å². The molecule has 1 N–H and O–H groups in total. The van der Waals surface area contributed by atoms with Gasteiger partial charge < -0.3 is 24.1 Å². The van der Waals surface area contributed by atoms with Gasteiger partial charge >= 0.3 is 5.97 Å². The molecule has 0 fully saturated rings. The van der Waals surface area contributed by atoms with Crippen molar-refractivity contribution in [2.75, 3.05) is 33.4 Å². The van der Waals surface area contributed by atoms with E-state index < -0.39 is 18.5 Å². The topological polar surface area (TPSA) is 98.1 Å². The van der Waals surface area contributed by atoms with Crippen molar-refractivity contribution in [2.45, 2.75) is 26.9 Å². The molecule has 0 radical (unpaired) electrons. The Kier molecular flexibility index (Phi) is 8.01. The molecule has 2 rings (SSSR count). The van der Waals surface area contributed by atoms with Gasteiger partial charge in [-0.15, -0.1) is 0 Å². The van der Waals surface area contributed by atoms with E-state index in [1.54, 1.807) is 12.1 Å². The summed E-state index contributed by atoms with van der Waals surface area (Å²) in [6, 6.07) is 7.21. The average Bonchev–Trinajstić information content (AvgIpc) is 3.07. The van der Waals surface area contributed by atoms with Crippen LogP contribution >= 0.6 is 0 Å². The number of rotatable bonds is 10. The Morgan fingerprint density at radius 3 is 2.64 bits per heavy atom. The summed E-state index contributed by atoms with van der Waals surface area (Å²) in [5.74, 6) is -1.48. The van der Waals surface area contributed by atoms with Gasteiger partial charge in [-0.25, -0.2) is 4.79 Å². The van der Waals surface area contributed by atoms with Crippen LogP contribution in [0.2, 0.25) is 0 Å². The quantitative estimate of drug-likeness (QED) is 0.624. The van der Waals surface area contributed by atoms with Gasteiger partial charge in [-0.05, 0) is 19.4 Å². The third kappa shape index (κ3) is 5.56. The van der Waals surface area contributed by atoms with Crippen LogP contribution < -0.4 is 5.32 Å². The van der Waals surface area contributed by atoms with E-state index >= 15 is 0 Å². The van der Waals surface area contributed by atoms with Gasteiger partial charge in [0, 0.05) is 31.1 Å². The number of amides is 2. The smallest absolute Gasteiger partial charge is 0.375 e. The second-order valence-corrected chi connectivity index (χ2v) is 6.22. The molecule has 0 bridgehead atoms. The van der Waals surface area contributed by atoms with Crippen LogP contribution in [0, 0.1) is 0 Å². The summed E-state index contributed by atoms with van der Waals surface area (Å²) < 4.78 is 16.2. The first-order valence-electron chi connectivity index (χ1n) is 9.23. The molecule has 8 heteroatoms. The summed E-state index contributed by atoms with van der Waals surface area (Å²) >= 11 is 0. The van der Waals surface area contributed by atoms with E-state index in [-0.39, 0.29) is 24.8 Å². The number of carbonyl (C=O) groups is 3. The lowest BCUT2D eigenvalue weighted by Crippen LogP contribution is -2.40. The number of furan rings is 1. The van der Waals surface area contributed by atoms with E-state index in [4.69, 9.17) is 13.9 Å². The first kappa shape index (κ1) is 21.4. The van der Waals surface area contributed by atoms with Gasteiger partial charge in [0.25, 0.3) is 5.91 Å². The highest BCUT2D eigenvalue weighted by atomic mass is 16.5. The van der Waals surface area contributed by atoms with E-state index in [9.17, 15) is 14.4 Å². The van der Waals surface area contributed by atoms with E-state index in [0.717, 1.165) is 11.8 Å². The van der Waals surface area contributed by atoms with Gasteiger partial charge in [0.15, 0.2) is 6.61 Å². The molecular formula is C20H26N2O6. The Labute approximate surface area is 163 Å². The molecular weight excluding hydrogens is 364 g/mol. The maximum atomic E-state index is 12.5. The second kappa shape index (κ2) is 10.5. The Balaban J connectivity index is 2.00. The van der Waals surface area contributed by atoms with Crippen molar-refractivity contribution in [3.8, 4) is 0 Å². The first-order valence-corrected chi connectivity index (χ1v) is 9.23. The number of fused-ring (bicyclic) bond motifs is 1. The molecule has 0 aliphatic heterocycles. The molecule has 1 aromatic carbocycles. The van der Waals surface area contributed by atoms with Gasteiger partial charge in [-0.1, -0.05) is 25.1 Å². The molecule has 28 heavy (non-hydrogen) atoms. The van der Waals surface area contributed by atoms with E-state index in [1.165, 1.54) is 11.9 Å². The molecule has 8 nitrogen and oxygen atoms in total. The van der Waals surface area contributed by atoms with Gasteiger partial charge in [-0.2, -0.15) is 0 Å². The summed E-state index contributed by atoms with van der Waals surface area (Å²) in [6.45, 7) is 4.43. The number of nitrogens with one attached hydrogen (secondary N) is 1. The number of carbonyl (C=O) groups excluding carboxylic acids is 3. The highest BCUT2D eigenvalue weighted by molar-refractivity contribution is 5.97. The van der Waals surface area contributed by atoms with Crippen LogP contribution in [0.1, 0.15) is 36.4 Å². The van der Waals surface area contributed by atoms with Crippen molar-refractivity contribution in [3.05, 3.63) is 35.6 Å². The molecule has 0 spiro atoms. The number of hydrogen-bond donors (Lipinski definition) is 1. The summed E-state index contributed by atoms with van der Waals surface area (Å²) in [7, 11) is 1.48. The summed E-state index contributed by atoms with van der Waals surface area (Å²) in [5.41, 5.74) is 1.13. The molecule has 0 saturated heterocycles. The normalized spacial score (nSPS) is 10.7. The number of nitrogens with zero attached hydrogens (tertiary/aromatic N) is 1. The Morgan fingerprint density at radius 2 is 1.93 bits per heavy atom. The third-order valence-electron chi connectivity index (χ3n) is 4.04. The standard InChI is InChI=1S/C20H26N2O6/c1-4-10-21-17(23)11-22(3)18(24)13-27-20(25)19-15(12-26-5-2)14-8-6-7-9-16(14)28-19/h6-9H,4-5,10-13H2,1-3H3,(H,21,23). The van der Waals surface area contributed by atoms with Crippen LogP contribution in [0.15, 0.2) is 28.7 Å². The average molecular weight is 390 g/mol. The Bertz CT molecular complexity index is 829. The fraction of sp³-hybridized carbons (Fsp3) is 0.450. The van der Waals surface area contributed by atoms with Crippen molar-refractivity contribution in [2.24, 2.45) is 0 Å². The molecule has 0 saturated carbocycles. The maximum Gasteiger partial charge on any atom is 0.375 e. The van der Waals surface area contributed by atoms with Gasteiger partial charge in [-0.3, -0.25) is 9.59 Å². The second-order valence-electron chi connectivity index (χ2n) is 6.22. The molecule has 152 valence electrons. The maximum absolute atomic E-state index is 12.5.